The van der Waals surface area contributed by atoms with Gasteiger partial charge in [-0.15, -0.1) is 11.3 Å². The number of rotatable bonds is 6. The van der Waals surface area contributed by atoms with Crippen LogP contribution in [0.4, 0.5) is 0 Å². The number of hydrogen-bond donors (Lipinski definition) is 2. The molecule has 1 aliphatic carbocycles. The molecule has 24 heavy (non-hydrogen) atoms. The zero-order valence-corrected chi connectivity index (χ0v) is 14.9. The first-order valence-corrected chi connectivity index (χ1v) is 9.43. The van der Waals surface area contributed by atoms with Crippen LogP contribution in [0.1, 0.15) is 47.5 Å². The highest BCUT2D eigenvalue weighted by molar-refractivity contribution is 7.09. The van der Waals surface area contributed by atoms with E-state index in [4.69, 9.17) is 0 Å². The molecule has 0 fully saturated rings. The van der Waals surface area contributed by atoms with Crippen molar-refractivity contribution in [3.8, 4) is 0 Å². The van der Waals surface area contributed by atoms with Gasteiger partial charge < -0.3 is 10.4 Å². The van der Waals surface area contributed by atoms with Crippen LogP contribution in [0.15, 0.2) is 29.6 Å². The first-order chi connectivity index (χ1) is 11.6. The SMILES string of the molecule is Cc1nc(CCCC(=O)NCC2(O)CCCc3ccccc32)cs1. The molecule has 2 N–H and O–H groups in total. The summed E-state index contributed by atoms with van der Waals surface area (Å²) in [4.78, 5) is 16.5. The van der Waals surface area contributed by atoms with E-state index in [1.54, 1.807) is 11.3 Å². The normalized spacial score (nSPS) is 19.8. The summed E-state index contributed by atoms with van der Waals surface area (Å²) in [6, 6.07) is 8.00. The van der Waals surface area contributed by atoms with Crippen molar-refractivity contribution in [1.82, 2.24) is 10.3 Å². The summed E-state index contributed by atoms with van der Waals surface area (Å²) in [5, 5.41) is 17.0. The highest BCUT2D eigenvalue weighted by Gasteiger charge is 2.34. The number of aliphatic hydroxyl groups is 1. The lowest BCUT2D eigenvalue weighted by molar-refractivity contribution is -0.122. The highest BCUT2D eigenvalue weighted by Crippen LogP contribution is 2.34. The highest BCUT2D eigenvalue weighted by atomic mass is 32.1. The molecule has 1 amide bonds. The van der Waals surface area contributed by atoms with E-state index >= 15 is 0 Å². The summed E-state index contributed by atoms with van der Waals surface area (Å²) in [5.74, 6) is -0.00145. The second-order valence-corrected chi connectivity index (χ2v) is 7.59. The van der Waals surface area contributed by atoms with Crippen LogP contribution in [-0.4, -0.2) is 22.5 Å². The number of nitrogens with one attached hydrogen (secondary N) is 1. The van der Waals surface area contributed by atoms with Crippen molar-refractivity contribution in [1.29, 1.82) is 0 Å². The van der Waals surface area contributed by atoms with Gasteiger partial charge in [-0.2, -0.15) is 0 Å². The van der Waals surface area contributed by atoms with E-state index in [1.807, 2.05) is 25.1 Å². The maximum Gasteiger partial charge on any atom is 0.220 e. The number of nitrogens with zero attached hydrogens (tertiary/aromatic N) is 1. The lowest BCUT2D eigenvalue weighted by Crippen LogP contribution is -2.42. The number of benzene rings is 1. The Kier molecular flexibility index (Phi) is 5.31. The molecule has 1 unspecified atom stereocenters. The molecule has 1 aliphatic rings. The topological polar surface area (TPSA) is 62.2 Å². The predicted octanol–water partition coefficient (Wildman–Crippen LogP) is 3.11. The van der Waals surface area contributed by atoms with Gasteiger partial charge in [-0.3, -0.25) is 4.79 Å². The molecule has 0 saturated carbocycles. The molecule has 4 nitrogen and oxygen atoms in total. The summed E-state index contributed by atoms with van der Waals surface area (Å²) >= 11 is 1.64. The number of thiazole rings is 1. The Morgan fingerprint density at radius 2 is 2.25 bits per heavy atom. The fraction of sp³-hybridized carbons (Fsp3) is 0.474. The van der Waals surface area contributed by atoms with Crippen molar-refractivity contribution >= 4 is 17.2 Å². The molecule has 0 bridgehead atoms. The van der Waals surface area contributed by atoms with Crippen molar-refractivity contribution in [3.63, 3.8) is 0 Å². The van der Waals surface area contributed by atoms with Gasteiger partial charge in [0.05, 0.1) is 17.2 Å². The first-order valence-electron chi connectivity index (χ1n) is 8.55. The van der Waals surface area contributed by atoms with Crippen LogP contribution in [0.5, 0.6) is 0 Å². The standard InChI is InChI=1S/C19H24N2O2S/c1-14-21-16(12-24-14)8-4-10-18(22)20-13-19(23)11-5-7-15-6-2-3-9-17(15)19/h2-3,6,9,12,23H,4-5,7-8,10-11,13H2,1H3,(H,20,22). The zero-order chi connectivity index (χ0) is 17.0. The first kappa shape index (κ1) is 17.1. The molecule has 1 aromatic carbocycles. The number of carbonyl (C=O) groups excluding carboxylic acids is 1. The lowest BCUT2D eigenvalue weighted by Gasteiger charge is -2.34. The predicted molar refractivity (Wildman–Crippen MR) is 96.1 cm³/mol. The average molecular weight is 344 g/mol. The third kappa shape index (κ3) is 4.02. The Balaban J connectivity index is 1.49. The van der Waals surface area contributed by atoms with Gasteiger partial charge in [0.15, 0.2) is 0 Å². The van der Waals surface area contributed by atoms with Crippen molar-refractivity contribution < 1.29 is 9.90 Å². The van der Waals surface area contributed by atoms with Gasteiger partial charge in [-0.1, -0.05) is 24.3 Å². The van der Waals surface area contributed by atoms with E-state index in [2.05, 4.69) is 21.7 Å². The van der Waals surface area contributed by atoms with Crippen molar-refractivity contribution in [2.24, 2.45) is 0 Å². The van der Waals surface area contributed by atoms with Gasteiger partial charge in [0, 0.05) is 11.8 Å². The minimum atomic E-state index is -0.934. The second kappa shape index (κ2) is 7.45. The quantitative estimate of drug-likeness (QED) is 0.846. The number of amides is 1. The van der Waals surface area contributed by atoms with Crippen LogP contribution >= 0.6 is 11.3 Å². The molecule has 2 aromatic rings. The molecule has 5 heteroatoms. The molecular weight excluding hydrogens is 320 g/mol. The maximum atomic E-state index is 12.1. The van der Waals surface area contributed by atoms with E-state index in [9.17, 15) is 9.90 Å². The average Bonchev–Trinajstić information content (AvgIpc) is 2.99. The molecule has 1 aromatic heterocycles. The molecule has 0 saturated heterocycles. The van der Waals surface area contributed by atoms with Crippen LogP contribution in [-0.2, 0) is 23.2 Å². The van der Waals surface area contributed by atoms with Crippen molar-refractivity contribution in [2.45, 2.75) is 51.0 Å². The Bertz CT molecular complexity index is 713. The van der Waals surface area contributed by atoms with Crippen LogP contribution in [0, 0.1) is 6.92 Å². The lowest BCUT2D eigenvalue weighted by atomic mass is 9.79. The van der Waals surface area contributed by atoms with Gasteiger partial charge in [-0.05, 0) is 50.2 Å². The van der Waals surface area contributed by atoms with Gasteiger partial charge in [0.2, 0.25) is 5.91 Å². The molecular formula is C19H24N2O2S. The van der Waals surface area contributed by atoms with Crippen LogP contribution in [0.3, 0.4) is 0 Å². The Hall–Kier alpha value is -1.72. The van der Waals surface area contributed by atoms with Gasteiger partial charge in [0.1, 0.15) is 5.60 Å². The fourth-order valence-electron chi connectivity index (χ4n) is 3.37. The second-order valence-electron chi connectivity index (χ2n) is 6.53. The third-order valence-corrected chi connectivity index (χ3v) is 5.46. The number of aryl methyl sites for hydroxylation is 3. The van der Waals surface area contributed by atoms with Crippen LogP contribution < -0.4 is 5.32 Å². The van der Waals surface area contributed by atoms with Crippen molar-refractivity contribution in [2.75, 3.05) is 6.54 Å². The van der Waals surface area contributed by atoms with E-state index < -0.39 is 5.60 Å². The maximum absolute atomic E-state index is 12.1. The summed E-state index contributed by atoms with van der Waals surface area (Å²) in [6.07, 6.45) is 4.72. The number of fused-ring (bicyclic) bond motifs is 1. The molecule has 1 heterocycles. The minimum Gasteiger partial charge on any atom is -0.383 e. The fourth-order valence-corrected chi connectivity index (χ4v) is 4.02. The van der Waals surface area contributed by atoms with Gasteiger partial charge in [-0.25, -0.2) is 4.98 Å². The van der Waals surface area contributed by atoms with E-state index in [1.165, 1.54) is 5.56 Å². The minimum absolute atomic E-state index is 0.00145. The molecule has 0 radical (unpaired) electrons. The monoisotopic (exact) mass is 344 g/mol. The molecule has 3 rings (SSSR count). The summed E-state index contributed by atoms with van der Waals surface area (Å²) in [6.45, 7) is 2.28. The Morgan fingerprint density at radius 1 is 1.42 bits per heavy atom. The summed E-state index contributed by atoms with van der Waals surface area (Å²) in [7, 11) is 0. The third-order valence-electron chi connectivity index (χ3n) is 4.64. The Morgan fingerprint density at radius 3 is 3.04 bits per heavy atom. The van der Waals surface area contributed by atoms with E-state index in [0.29, 0.717) is 19.4 Å². The largest absolute Gasteiger partial charge is 0.383 e. The summed E-state index contributed by atoms with van der Waals surface area (Å²) in [5.41, 5.74) is 2.29. The van der Waals surface area contributed by atoms with E-state index in [-0.39, 0.29) is 5.91 Å². The zero-order valence-electron chi connectivity index (χ0n) is 14.0. The smallest absolute Gasteiger partial charge is 0.220 e. The number of aromatic nitrogens is 1. The van der Waals surface area contributed by atoms with Gasteiger partial charge in [0.25, 0.3) is 0 Å². The number of carbonyl (C=O) groups is 1. The van der Waals surface area contributed by atoms with Crippen molar-refractivity contribution in [3.05, 3.63) is 51.5 Å². The molecule has 1 atom stereocenters. The Labute approximate surface area is 146 Å². The molecule has 0 aliphatic heterocycles. The van der Waals surface area contributed by atoms with Crippen LogP contribution in [0.25, 0.3) is 0 Å². The molecule has 128 valence electrons. The van der Waals surface area contributed by atoms with E-state index in [0.717, 1.165) is 41.9 Å². The van der Waals surface area contributed by atoms with Gasteiger partial charge >= 0.3 is 0 Å². The summed E-state index contributed by atoms with van der Waals surface area (Å²) < 4.78 is 0. The number of hydrogen-bond acceptors (Lipinski definition) is 4. The van der Waals surface area contributed by atoms with Crippen LogP contribution in [0.2, 0.25) is 0 Å². The molecule has 0 spiro atoms.